The molecule has 0 saturated carbocycles. The standard InChI is InChI=1S/C12H16FN3OS/c13-11-6-9(5-10(7-11)12(14)15-17)8-16-1-3-18-4-2-16/h5-7,17H,1-4,8H2,(H2,14,15). The minimum absolute atomic E-state index is 0.0649. The molecule has 98 valence electrons. The van der Waals surface area contributed by atoms with Crippen LogP contribution in [0.2, 0.25) is 0 Å². The maximum Gasteiger partial charge on any atom is 0.170 e. The Morgan fingerprint density at radius 1 is 1.39 bits per heavy atom. The summed E-state index contributed by atoms with van der Waals surface area (Å²) in [5.74, 6) is 1.80. The summed E-state index contributed by atoms with van der Waals surface area (Å²) >= 11 is 1.94. The number of rotatable bonds is 3. The first-order chi connectivity index (χ1) is 8.69. The van der Waals surface area contributed by atoms with Crippen LogP contribution in [0.3, 0.4) is 0 Å². The molecule has 0 atom stereocenters. The fourth-order valence-electron chi connectivity index (χ4n) is 1.96. The van der Waals surface area contributed by atoms with Gasteiger partial charge in [0, 0.05) is 36.7 Å². The van der Waals surface area contributed by atoms with Crippen LogP contribution in [0.25, 0.3) is 0 Å². The molecule has 1 aromatic carbocycles. The molecule has 1 aliphatic rings. The van der Waals surface area contributed by atoms with E-state index in [1.165, 1.54) is 12.1 Å². The Labute approximate surface area is 110 Å². The molecule has 1 aromatic rings. The summed E-state index contributed by atoms with van der Waals surface area (Å²) in [5, 5.41) is 11.5. The van der Waals surface area contributed by atoms with Gasteiger partial charge >= 0.3 is 0 Å². The highest BCUT2D eigenvalue weighted by Gasteiger charge is 2.12. The third-order valence-electron chi connectivity index (χ3n) is 2.87. The molecule has 0 aromatic heterocycles. The van der Waals surface area contributed by atoms with Gasteiger partial charge in [-0.05, 0) is 23.8 Å². The zero-order valence-corrected chi connectivity index (χ0v) is 10.8. The zero-order valence-electron chi connectivity index (χ0n) is 9.97. The molecule has 0 spiro atoms. The van der Waals surface area contributed by atoms with E-state index >= 15 is 0 Å². The monoisotopic (exact) mass is 269 g/mol. The van der Waals surface area contributed by atoms with Crippen LogP contribution in [0.5, 0.6) is 0 Å². The lowest BCUT2D eigenvalue weighted by atomic mass is 10.1. The van der Waals surface area contributed by atoms with Gasteiger partial charge in [-0.2, -0.15) is 11.8 Å². The third-order valence-corrected chi connectivity index (χ3v) is 3.81. The van der Waals surface area contributed by atoms with Crippen molar-refractivity contribution in [2.75, 3.05) is 24.6 Å². The Morgan fingerprint density at radius 3 is 2.78 bits per heavy atom. The lowest BCUT2D eigenvalue weighted by Crippen LogP contribution is -2.32. The molecule has 4 nitrogen and oxygen atoms in total. The summed E-state index contributed by atoms with van der Waals surface area (Å²) in [6.07, 6.45) is 0. The molecular weight excluding hydrogens is 253 g/mol. The van der Waals surface area contributed by atoms with Gasteiger partial charge in [0.1, 0.15) is 5.82 Å². The second-order valence-electron chi connectivity index (χ2n) is 4.22. The Morgan fingerprint density at radius 2 is 2.11 bits per heavy atom. The SMILES string of the molecule is N/C(=N/O)c1cc(F)cc(CN2CCSCC2)c1. The molecule has 18 heavy (non-hydrogen) atoms. The number of halogens is 1. The van der Waals surface area contributed by atoms with Gasteiger partial charge in [0.25, 0.3) is 0 Å². The highest BCUT2D eigenvalue weighted by atomic mass is 32.2. The average Bonchev–Trinajstić information content (AvgIpc) is 2.38. The predicted molar refractivity (Wildman–Crippen MR) is 71.5 cm³/mol. The number of oxime groups is 1. The normalized spacial score (nSPS) is 17.9. The Hall–Kier alpha value is -1.27. The molecule has 0 bridgehead atoms. The van der Waals surface area contributed by atoms with Crippen molar-refractivity contribution in [1.82, 2.24) is 4.90 Å². The fourth-order valence-corrected chi connectivity index (χ4v) is 2.94. The van der Waals surface area contributed by atoms with E-state index in [0.717, 1.165) is 30.2 Å². The molecule has 0 amide bonds. The van der Waals surface area contributed by atoms with Crippen molar-refractivity contribution in [3.8, 4) is 0 Å². The van der Waals surface area contributed by atoms with E-state index < -0.39 is 0 Å². The van der Waals surface area contributed by atoms with E-state index in [1.807, 2.05) is 11.8 Å². The first-order valence-corrected chi connectivity index (χ1v) is 6.92. The van der Waals surface area contributed by atoms with Gasteiger partial charge in [-0.15, -0.1) is 0 Å². The number of thioether (sulfide) groups is 1. The summed E-state index contributed by atoms with van der Waals surface area (Å²) in [6.45, 7) is 2.73. The minimum atomic E-state index is -0.361. The quantitative estimate of drug-likeness (QED) is 0.377. The van der Waals surface area contributed by atoms with Crippen LogP contribution in [0.15, 0.2) is 23.4 Å². The summed E-state index contributed by atoms with van der Waals surface area (Å²) in [6, 6.07) is 4.53. The number of hydrogen-bond acceptors (Lipinski definition) is 4. The highest BCUT2D eigenvalue weighted by molar-refractivity contribution is 7.99. The van der Waals surface area contributed by atoms with E-state index in [2.05, 4.69) is 10.1 Å². The van der Waals surface area contributed by atoms with Gasteiger partial charge in [-0.3, -0.25) is 4.90 Å². The summed E-state index contributed by atoms with van der Waals surface area (Å²) in [5.41, 5.74) is 6.75. The number of amidine groups is 1. The topological polar surface area (TPSA) is 61.9 Å². The Kier molecular flexibility index (Phi) is 4.43. The molecule has 0 radical (unpaired) electrons. The molecule has 1 saturated heterocycles. The van der Waals surface area contributed by atoms with Crippen LogP contribution in [-0.4, -0.2) is 40.5 Å². The predicted octanol–water partition coefficient (Wildman–Crippen LogP) is 1.47. The summed E-state index contributed by atoms with van der Waals surface area (Å²) < 4.78 is 13.5. The number of hydrogen-bond donors (Lipinski definition) is 2. The zero-order chi connectivity index (χ0) is 13.0. The third kappa shape index (κ3) is 3.36. The van der Waals surface area contributed by atoms with Crippen molar-refractivity contribution < 1.29 is 9.60 Å². The van der Waals surface area contributed by atoms with Crippen molar-refractivity contribution in [2.24, 2.45) is 10.9 Å². The maximum absolute atomic E-state index is 13.5. The Bertz CT molecular complexity index is 447. The fraction of sp³-hybridized carbons (Fsp3) is 0.417. The van der Waals surface area contributed by atoms with Gasteiger partial charge in [-0.1, -0.05) is 5.16 Å². The van der Waals surface area contributed by atoms with E-state index in [0.29, 0.717) is 12.1 Å². The van der Waals surface area contributed by atoms with Crippen LogP contribution in [-0.2, 0) is 6.54 Å². The van der Waals surface area contributed by atoms with Crippen molar-refractivity contribution >= 4 is 17.6 Å². The largest absolute Gasteiger partial charge is 0.409 e. The number of benzene rings is 1. The van der Waals surface area contributed by atoms with Gasteiger partial charge in [0.15, 0.2) is 5.84 Å². The van der Waals surface area contributed by atoms with E-state index in [9.17, 15) is 4.39 Å². The van der Waals surface area contributed by atoms with E-state index in [4.69, 9.17) is 10.9 Å². The Balaban J connectivity index is 2.14. The molecular formula is C12H16FN3OS. The maximum atomic E-state index is 13.5. The van der Waals surface area contributed by atoms with Crippen molar-refractivity contribution in [2.45, 2.75) is 6.54 Å². The average molecular weight is 269 g/mol. The van der Waals surface area contributed by atoms with Crippen molar-refractivity contribution in [3.05, 3.63) is 35.1 Å². The van der Waals surface area contributed by atoms with E-state index in [-0.39, 0.29) is 11.7 Å². The molecule has 2 rings (SSSR count). The molecule has 3 N–H and O–H groups in total. The first-order valence-electron chi connectivity index (χ1n) is 5.76. The minimum Gasteiger partial charge on any atom is -0.409 e. The summed E-state index contributed by atoms with van der Waals surface area (Å²) in [4.78, 5) is 2.28. The van der Waals surface area contributed by atoms with Crippen LogP contribution in [0, 0.1) is 5.82 Å². The van der Waals surface area contributed by atoms with Crippen LogP contribution in [0.1, 0.15) is 11.1 Å². The molecule has 1 fully saturated rings. The second-order valence-corrected chi connectivity index (χ2v) is 5.45. The van der Waals surface area contributed by atoms with Crippen molar-refractivity contribution in [3.63, 3.8) is 0 Å². The van der Waals surface area contributed by atoms with Crippen LogP contribution < -0.4 is 5.73 Å². The number of nitrogens with two attached hydrogens (primary N) is 1. The highest BCUT2D eigenvalue weighted by Crippen LogP contribution is 2.15. The molecule has 6 heteroatoms. The first kappa shape index (κ1) is 13.2. The number of nitrogens with zero attached hydrogens (tertiary/aromatic N) is 2. The van der Waals surface area contributed by atoms with Gasteiger partial charge in [0.05, 0.1) is 0 Å². The van der Waals surface area contributed by atoms with Crippen LogP contribution >= 0.6 is 11.8 Å². The smallest absolute Gasteiger partial charge is 0.170 e. The molecule has 1 aliphatic heterocycles. The van der Waals surface area contributed by atoms with Crippen LogP contribution in [0.4, 0.5) is 4.39 Å². The van der Waals surface area contributed by atoms with Gasteiger partial charge in [0.2, 0.25) is 0 Å². The van der Waals surface area contributed by atoms with Gasteiger partial charge in [-0.25, -0.2) is 4.39 Å². The second kappa shape index (κ2) is 6.06. The lowest BCUT2D eigenvalue weighted by molar-refractivity contribution is 0.294. The molecule has 1 heterocycles. The summed E-state index contributed by atoms with van der Waals surface area (Å²) in [7, 11) is 0. The molecule has 0 unspecified atom stereocenters. The van der Waals surface area contributed by atoms with Gasteiger partial charge < -0.3 is 10.9 Å². The van der Waals surface area contributed by atoms with E-state index in [1.54, 1.807) is 6.07 Å². The van der Waals surface area contributed by atoms with Crippen molar-refractivity contribution in [1.29, 1.82) is 0 Å². The lowest BCUT2D eigenvalue weighted by Gasteiger charge is -2.26. The molecule has 0 aliphatic carbocycles.